The molecule has 0 radical (unpaired) electrons. The van der Waals surface area contributed by atoms with Gasteiger partial charge in [0.15, 0.2) is 0 Å². The average molecular weight is 312 g/mol. The van der Waals surface area contributed by atoms with E-state index in [9.17, 15) is 9.59 Å². The SMILES string of the molecule is O=C(Nc1ccc(C(=O)O)nc1)c1cnc(Cl)c(Cl)c1. The predicted molar refractivity (Wildman–Crippen MR) is 73.4 cm³/mol. The van der Waals surface area contributed by atoms with E-state index < -0.39 is 11.9 Å². The summed E-state index contributed by atoms with van der Waals surface area (Å²) in [5, 5.41) is 11.5. The quantitative estimate of drug-likeness (QED) is 0.850. The molecule has 0 unspecified atom stereocenters. The molecule has 2 aromatic rings. The van der Waals surface area contributed by atoms with Gasteiger partial charge < -0.3 is 10.4 Å². The topological polar surface area (TPSA) is 92.2 Å². The van der Waals surface area contributed by atoms with E-state index >= 15 is 0 Å². The molecule has 20 heavy (non-hydrogen) atoms. The van der Waals surface area contributed by atoms with Crippen LogP contribution in [0.4, 0.5) is 5.69 Å². The number of amides is 1. The molecule has 0 atom stereocenters. The standard InChI is InChI=1S/C12H7Cl2N3O3/c13-8-3-6(4-16-10(8)14)11(18)17-7-1-2-9(12(19)20)15-5-7/h1-5H,(H,17,18)(H,19,20). The molecule has 0 fully saturated rings. The van der Waals surface area contributed by atoms with Gasteiger partial charge in [0.05, 0.1) is 22.5 Å². The van der Waals surface area contributed by atoms with Crippen molar-refractivity contribution in [3.8, 4) is 0 Å². The molecular weight excluding hydrogens is 305 g/mol. The van der Waals surface area contributed by atoms with E-state index in [1.54, 1.807) is 0 Å². The van der Waals surface area contributed by atoms with Gasteiger partial charge in [-0.2, -0.15) is 0 Å². The number of aromatic carboxylic acids is 1. The highest BCUT2D eigenvalue weighted by atomic mass is 35.5. The lowest BCUT2D eigenvalue weighted by atomic mass is 10.2. The number of aromatic nitrogens is 2. The van der Waals surface area contributed by atoms with E-state index in [0.717, 1.165) is 0 Å². The van der Waals surface area contributed by atoms with Gasteiger partial charge in [-0.1, -0.05) is 23.2 Å². The minimum atomic E-state index is -1.14. The molecule has 0 bridgehead atoms. The van der Waals surface area contributed by atoms with E-state index in [2.05, 4.69) is 15.3 Å². The van der Waals surface area contributed by atoms with Crippen molar-refractivity contribution in [2.45, 2.75) is 0 Å². The van der Waals surface area contributed by atoms with Crippen LogP contribution in [0.15, 0.2) is 30.6 Å². The van der Waals surface area contributed by atoms with Gasteiger partial charge in [0.2, 0.25) is 0 Å². The van der Waals surface area contributed by atoms with Crippen molar-refractivity contribution in [2.24, 2.45) is 0 Å². The van der Waals surface area contributed by atoms with Gasteiger partial charge in [-0.3, -0.25) is 4.79 Å². The molecule has 0 aliphatic rings. The summed E-state index contributed by atoms with van der Waals surface area (Å²) < 4.78 is 0. The maximum atomic E-state index is 11.9. The van der Waals surface area contributed by atoms with Crippen molar-refractivity contribution >= 4 is 40.8 Å². The van der Waals surface area contributed by atoms with Gasteiger partial charge in [0.25, 0.3) is 5.91 Å². The Morgan fingerprint density at radius 3 is 2.45 bits per heavy atom. The Morgan fingerprint density at radius 2 is 1.90 bits per heavy atom. The Balaban J connectivity index is 2.14. The number of anilines is 1. The van der Waals surface area contributed by atoms with Crippen LogP contribution in [0.25, 0.3) is 0 Å². The third-order valence-corrected chi connectivity index (χ3v) is 2.98. The van der Waals surface area contributed by atoms with E-state index in [1.807, 2.05) is 0 Å². The Kier molecular flexibility index (Phi) is 4.16. The second-order valence-electron chi connectivity index (χ2n) is 3.69. The Hall–Kier alpha value is -2.18. The van der Waals surface area contributed by atoms with Gasteiger partial charge in [-0.25, -0.2) is 14.8 Å². The Morgan fingerprint density at radius 1 is 1.15 bits per heavy atom. The fourth-order valence-corrected chi connectivity index (χ4v) is 1.61. The first-order valence-electron chi connectivity index (χ1n) is 5.29. The number of nitrogens with zero attached hydrogens (tertiary/aromatic N) is 2. The van der Waals surface area contributed by atoms with Crippen molar-refractivity contribution in [1.29, 1.82) is 0 Å². The Bertz CT molecular complexity index is 674. The largest absolute Gasteiger partial charge is 0.477 e. The van der Waals surface area contributed by atoms with Crippen molar-refractivity contribution in [3.63, 3.8) is 0 Å². The van der Waals surface area contributed by atoms with Crippen molar-refractivity contribution in [3.05, 3.63) is 52.0 Å². The Labute approximate surface area is 123 Å². The van der Waals surface area contributed by atoms with Crippen LogP contribution in [0.5, 0.6) is 0 Å². The number of pyridine rings is 2. The molecule has 0 aliphatic heterocycles. The number of carbonyl (C=O) groups is 2. The summed E-state index contributed by atoms with van der Waals surface area (Å²) in [4.78, 5) is 30.0. The number of nitrogens with one attached hydrogen (secondary N) is 1. The number of halogens is 2. The minimum Gasteiger partial charge on any atom is -0.477 e. The van der Waals surface area contributed by atoms with Gasteiger partial charge in [0, 0.05) is 6.20 Å². The zero-order valence-electron chi connectivity index (χ0n) is 9.80. The summed E-state index contributed by atoms with van der Waals surface area (Å²) in [6.07, 6.45) is 2.52. The molecule has 6 nitrogen and oxygen atoms in total. The van der Waals surface area contributed by atoms with Gasteiger partial charge in [-0.15, -0.1) is 0 Å². The van der Waals surface area contributed by atoms with Gasteiger partial charge >= 0.3 is 5.97 Å². The summed E-state index contributed by atoms with van der Waals surface area (Å²) in [5.41, 5.74) is 0.465. The summed E-state index contributed by atoms with van der Waals surface area (Å²) >= 11 is 11.4. The molecule has 0 aromatic carbocycles. The van der Waals surface area contributed by atoms with Crippen LogP contribution < -0.4 is 5.32 Å². The van der Waals surface area contributed by atoms with E-state index in [1.165, 1.54) is 30.6 Å². The van der Waals surface area contributed by atoms with E-state index in [-0.39, 0.29) is 21.4 Å². The fourth-order valence-electron chi connectivity index (χ4n) is 1.34. The van der Waals surface area contributed by atoms with E-state index in [0.29, 0.717) is 5.69 Å². The molecular formula is C12H7Cl2N3O3. The molecule has 2 aromatic heterocycles. The summed E-state index contributed by atoms with van der Waals surface area (Å²) in [5.74, 6) is -1.60. The lowest BCUT2D eigenvalue weighted by molar-refractivity contribution is 0.0690. The minimum absolute atomic E-state index is 0.107. The second-order valence-corrected chi connectivity index (χ2v) is 4.45. The second kappa shape index (κ2) is 5.85. The molecule has 0 spiro atoms. The van der Waals surface area contributed by atoms with Gasteiger partial charge in [-0.05, 0) is 18.2 Å². The zero-order valence-corrected chi connectivity index (χ0v) is 11.3. The van der Waals surface area contributed by atoms with Crippen molar-refractivity contribution in [1.82, 2.24) is 9.97 Å². The average Bonchev–Trinajstić information content (AvgIpc) is 2.42. The highest BCUT2D eigenvalue weighted by molar-refractivity contribution is 6.41. The molecule has 1 amide bonds. The highest BCUT2D eigenvalue weighted by Gasteiger charge is 2.10. The zero-order chi connectivity index (χ0) is 14.7. The number of hydrogen-bond acceptors (Lipinski definition) is 4. The van der Waals surface area contributed by atoms with Crippen LogP contribution in [-0.4, -0.2) is 27.0 Å². The van der Waals surface area contributed by atoms with Crippen LogP contribution in [0.2, 0.25) is 10.2 Å². The van der Waals surface area contributed by atoms with Crippen molar-refractivity contribution < 1.29 is 14.7 Å². The number of hydrogen-bond donors (Lipinski definition) is 2. The summed E-state index contributed by atoms with van der Waals surface area (Å²) in [6.45, 7) is 0. The first-order valence-corrected chi connectivity index (χ1v) is 6.04. The van der Waals surface area contributed by atoms with Crippen LogP contribution in [-0.2, 0) is 0 Å². The summed E-state index contributed by atoms with van der Waals surface area (Å²) in [6, 6.07) is 4.09. The summed E-state index contributed by atoms with van der Waals surface area (Å²) in [7, 11) is 0. The third-order valence-electron chi connectivity index (χ3n) is 2.30. The van der Waals surface area contributed by atoms with Crippen LogP contribution in [0.3, 0.4) is 0 Å². The lowest BCUT2D eigenvalue weighted by Gasteiger charge is -2.05. The smallest absolute Gasteiger partial charge is 0.354 e. The van der Waals surface area contributed by atoms with Crippen LogP contribution in [0.1, 0.15) is 20.8 Å². The number of carboxylic acid groups (broad SMARTS) is 1. The number of carbonyl (C=O) groups excluding carboxylic acids is 1. The fraction of sp³-hybridized carbons (Fsp3) is 0. The molecule has 8 heteroatoms. The molecule has 2 rings (SSSR count). The molecule has 0 saturated carbocycles. The number of rotatable bonds is 3. The maximum absolute atomic E-state index is 11.9. The van der Waals surface area contributed by atoms with E-state index in [4.69, 9.17) is 28.3 Å². The third kappa shape index (κ3) is 3.23. The lowest BCUT2D eigenvalue weighted by Crippen LogP contribution is -2.13. The number of carboxylic acids is 1. The predicted octanol–water partition coefficient (Wildman–Crippen LogP) is 2.73. The molecule has 0 saturated heterocycles. The highest BCUT2D eigenvalue weighted by Crippen LogP contribution is 2.20. The molecule has 102 valence electrons. The van der Waals surface area contributed by atoms with Crippen LogP contribution in [0, 0.1) is 0 Å². The monoisotopic (exact) mass is 311 g/mol. The first-order chi connectivity index (χ1) is 9.47. The normalized spacial score (nSPS) is 10.1. The maximum Gasteiger partial charge on any atom is 0.354 e. The van der Waals surface area contributed by atoms with Crippen LogP contribution >= 0.6 is 23.2 Å². The van der Waals surface area contributed by atoms with Crippen molar-refractivity contribution in [2.75, 3.05) is 5.32 Å². The first kappa shape index (κ1) is 14.2. The van der Waals surface area contributed by atoms with Gasteiger partial charge in [0.1, 0.15) is 10.8 Å². The molecule has 2 heterocycles. The molecule has 2 N–H and O–H groups in total. The molecule has 0 aliphatic carbocycles.